The highest BCUT2D eigenvalue weighted by Crippen LogP contribution is 2.23. The van der Waals surface area contributed by atoms with Gasteiger partial charge in [0, 0.05) is 39.6 Å². The van der Waals surface area contributed by atoms with Gasteiger partial charge in [0.15, 0.2) is 0 Å². The molecule has 2 aromatic carbocycles. The number of furan rings is 1. The van der Waals surface area contributed by atoms with Gasteiger partial charge in [-0.1, -0.05) is 6.07 Å². The molecule has 2 aromatic heterocycles. The van der Waals surface area contributed by atoms with Crippen LogP contribution in [-0.4, -0.2) is 16.0 Å². The minimum absolute atomic E-state index is 0.231. The molecule has 0 aliphatic rings. The molecule has 0 radical (unpaired) electrons. The van der Waals surface area contributed by atoms with Crippen LogP contribution < -0.4 is 11.1 Å². The number of carbonyl (C=O) groups excluding carboxylic acids is 1. The standard InChI is InChI=1S/C19H14N4O2S/c20-16-4-3-14(8-15(16)18(21)13-5-6-25-10-13)23-19(24)11-1-2-12-9-22-26-17(12)7-11/h1-10,21H,20H2,(H,23,24). The van der Waals surface area contributed by atoms with Crippen LogP contribution in [0.3, 0.4) is 0 Å². The lowest BCUT2D eigenvalue weighted by atomic mass is 10.0. The van der Waals surface area contributed by atoms with Crippen LogP contribution in [0.25, 0.3) is 10.1 Å². The average Bonchev–Trinajstić information content (AvgIpc) is 3.33. The molecule has 0 unspecified atom stereocenters. The lowest BCUT2D eigenvalue weighted by Crippen LogP contribution is -2.13. The van der Waals surface area contributed by atoms with Crippen LogP contribution in [0.4, 0.5) is 11.4 Å². The maximum Gasteiger partial charge on any atom is 0.255 e. The summed E-state index contributed by atoms with van der Waals surface area (Å²) in [7, 11) is 0. The third kappa shape index (κ3) is 2.96. The number of amides is 1. The summed E-state index contributed by atoms with van der Waals surface area (Å²) in [6.45, 7) is 0. The maximum absolute atomic E-state index is 12.5. The fourth-order valence-electron chi connectivity index (χ4n) is 2.62. The van der Waals surface area contributed by atoms with E-state index in [1.807, 2.05) is 12.1 Å². The first-order valence-corrected chi connectivity index (χ1v) is 8.56. The van der Waals surface area contributed by atoms with Crippen LogP contribution in [0.15, 0.2) is 65.6 Å². The van der Waals surface area contributed by atoms with Crippen molar-refractivity contribution in [2.75, 3.05) is 11.1 Å². The first-order valence-electron chi connectivity index (χ1n) is 7.78. The summed E-state index contributed by atoms with van der Waals surface area (Å²) >= 11 is 1.35. The van der Waals surface area contributed by atoms with Crippen molar-refractivity contribution >= 4 is 44.6 Å². The summed E-state index contributed by atoms with van der Waals surface area (Å²) in [5.41, 5.74) is 8.96. The molecule has 0 saturated carbocycles. The Hall–Kier alpha value is -3.45. The second-order valence-corrected chi connectivity index (χ2v) is 6.55. The number of nitrogens with zero attached hydrogens (tertiary/aromatic N) is 1. The van der Waals surface area contributed by atoms with E-state index >= 15 is 0 Å². The molecule has 4 aromatic rings. The highest BCUT2D eigenvalue weighted by atomic mass is 32.1. The first kappa shape index (κ1) is 16.0. The Morgan fingerprint density at radius 3 is 2.85 bits per heavy atom. The van der Waals surface area contributed by atoms with Crippen LogP contribution in [0, 0.1) is 5.41 Å². The number of fused-ring (bicyclic) bond motifs is 1. The summed E-state index contributed by atoms with van der Waals surface area (Å²) < 4.78 is 10.1. The van der Waals surface area contributed by atoms with Gasteiger partial charge in [-0.15, -0.1) is 0 Å². The zero-order valence-corrected chi connectivity index (χ0v) is 14.3. The summed E-state index contributed by atoms with van der Waals surface area (Å²) in [4.78, 5) is 12.5. The van der Waals surface area contributed by atoms with Crippen LogP contribution in [0.5, 0.6) is 0 Å². The van der Waals surface area contributed by atoms with Crippen molar-refractivity contribution in [2.45, 2.75) is 0 Å². The van der Waals surface area contributed by atoms with E-state index in [4.69, 9.17) is 15.6 Å². The van der Waals surface area contributed by atoms with Crippen LogP contribution >= 0.6 is 11.5 Å². The fourth-order valence-corrected chi connectivity index (χ4v) is 3.30. The number of anilines is 2. The Kier molecular flexibility index (Phi) is 3.98. The third-order valence-electron chi connectivity index (χ3n) is 4.01. The molecule has 6 nitrogen and oxygen atoms in total. The number of nitrogens with two attached hydrogens (primary N) is 1. The van der Waals surface area contributed by atoms with Crippen LogP contribution in [-0.2, 0) is 0 Å². The van der Waals surface area contributed by atoms with Gasteiger partial charge in [-0.2, -0.15) is 4.37 Å². The maximum atomic E-state index is 12.5. The highest BCUT2D eigenvalue weighted by Gasteiger charge is 2.13. The molecular weight excluding hydrogens is 348 g/mol. The summed E-state index contributed by atoms with van der Waals surface area (Å²) in [6.07, 6.45) is 4.76. The molecular formula is C19H14N4O2S. The van der Waals surface area contributed by atoms with E-state index in [0.29, 0.717) is 28.1 Å². The van der Waals surface area contributed by atoms with E-state index in [1.165, 1.54) is 24.1 Å². The fraction of sp³-hybridized carbons (Fsp3) is 0. The normalized spacial score (nSPS) is 10.8. The largest absolute Gasteiger partial charge is 0.472 e. The van der Waals surface area contributed by atoms with Crippen molar-refractivity contribution in [2.24, 2.45) is 0 Å². The Morgan fingerprint density at radius 1 is 1.15 bits per heavy atom. The molecule has 1 amide bonds. The third-order valence-corrected chi connectivity index (χ3v) is 4.77. The molecule has 2 heterocycles. The van der Waals surface area contributed by atoms with Crippen molar-refractivity contribution in [3.8, 4) is 0 Å². The molecule has 0 aliphatic carbocycles. The van der Waals surface area contributed by atoms with Crippen molar-refractivity contribution in [1.29, 1.82) is 5.41 Å². The Morgan fingerprint density at radius 2 is 2.04 bits per heavy atom. The molecule has 0 spiro atoms. The molecule has 0 saturated heterocycles. The predicted molar refractivity (Wildman–Crippen MR) is 103 cm³/mol. The SMILES string of the molecule is N=C(c1ccoc1)c1cc(NC(=O)c2ccc3cnsc3c2)ccc1N. The first-order chi connectivity index (χ1) is 12.6. The number of nitrogen functional groups attached to an aromatic ring is 1. The molecule has 0 aliphatic heterocycles. The highest BCUT2D eigenvalue weighted by molar-refractivity contribution is 7.13. The minimum Gasteiger partial charge on any atom is -0.472 e. The Balaban J connectivity index is 1.60. The molecule has 0 bridgehead atoms. The van der Waals surface area contributed by atoms with Crippen molar-refractivity contribution < 1.29 is 9.21 Å². The Bertz CT molecular complexity index is 1120. The average molecular weight is 362 g/mol. The smallest absolute Gasteiger partial charge is 0.255 e. The molecule has 4 rings (SSSR count). The van der Waals surface area contributed by atoms with Gasteiger partial charge in [-0.25, -0.2) is 0 Å². The lowest BCUT2D eigenvalue weighted by molar-refractivity contribution is 0.102. The molecule has 128 valence electrons. The number of hydrogen-bond donors (Lipinski definition) is 3. The van der Waals surface area contributed by atoms with Gasteiger partial charge in [0.2, 0.25) is 0 Å². The second kappa shape index (κ2) is 6.45. The topological polar surface area (TPSA) is 105 Å². The number of nitrogens with one attached hydrogen (secondary N) is 2. The monoisotopic (exact) mass is 362 g/mol. The summed E-state index contributed by atoms with van der Waals surface area (Å²) in [5.74, 6) is -0.231. The van der Waals surface area contributed by atoms with E-state index in [0.717, 1.165) is 10.1 Å². The van der Waals surface area contributed by atoms with E-state index in [9.17, 15) is 4.79 Å². The zero-order valence-electron chi connectivity index (χ0n) is 13.5. The number of hydrogen-bond acceptors (Lipinski definition) is 6. The van der Waals surface area contributed by atoms with Gasteiger partial charge >= 0.3 is 0 Å². The second-order valence-electron chi connectivity index (χ2n) is 5.72. The molecule has 0 fully saturated rings. The van der Waals surface area contributed by atoms with E-state index in [-0.39, 0.29) is 11.6 Å². The number of aromatic nitrogens is 1. The minimum atomic E-state index is -0.231. The van der Waals surface area contributed by atoms with Crippen LogP contribution in [0.1, 0.15) is 21.5 Å². The molecule has 7 heteroatoms. The quantitative estimate of drug-likeness (QED) is 0.375. The van der Waals surface area contributed by atoms with Gasteiger partial charge in [-0.3, -0.25) is 10.2 Å². The van der Waals surface area contributed by atoms with Gasteiger partial charge in [0.25, 0.3) is 5.91 Å². The molecule has 4 N–H and O–H groups in total. The van der Waals surface area contributed by atoms with E-state index in [1.54, 1.807) is 36.5 Å². The lowest BCUT2D eigenvalue weighted by Gasteiger charge is -2.10. The number of rotatable bonds is 4. The zero-order chi connectivity index (χ0) is 18.1. The number of carbonyl (C=O) groups is 1. The summed E-state index contributed by atoms with van der Waals surface area (Å²) in [6, 6.07) is 12.2. The van der Waals surface area contributed by atoms with Crippen molar-refractivity contribution in [3.05, 3.63) is 77.9 Å². The van der Waals surface area contributed by atoms with Gasteiger partial charge < -0.3 is 15.5 Å². The summed E-state index contributed by atoms with van der Waals surface area (Å²) in [5, 5.41) is 12.1. The van der Waals surface area contributed by atoms with Gasteiger partial charge in [-0.05, 0) is 47.9 Å². The van der Waals surface area contributed by atoms with Crippen LogP contribution in [0.2, 0.25) is 0 Å². The predicted octanol–water partition coefficient (Wildman–Crippen LogP) is 4.14. The van der Waals surface area contributed by atoms with Crippen molar-refractivity contribution in [3.63, 3.8) is 0 Å². The van der Waals surface area contributed by atoms with Gasteiger partial charge in [0.1, 0.15) is 0 Å². The van der Waals surface area contributed by atoms with Crippen molar-refractivity contribution in [1.82, 2.24) is 4.37 Å². The molecule has 26 heavy (non-hydrogen) atoms. The van der Waals surface area contributed by atoms with E-state index in [2.05, 4.69) is 9.69 Å². The molecule has 0 atom stereocenters. The Labute approximate surface area is 152 Å². The number of benzene rings is 2. The van der Waals surface area contributed by atoms with Gasteiger partial charge in [0.05, 0.1) is 22.9 Å². The van der Waals surface area contributed by atoms with E-state index < -0.39 is 0 Å².